The summed E-state index contributed by atoms with van der Waals surface area (Å²) in [6, 6.07) is -0.434. The van der Waals surface area contributed by atoms with E-state index >= 15 is 0 Å². The molecule has 1 rings (SSSR count). The number of carboxylic acids is 1. The SMILES string of the molecule is O=C(O)C1CCCC(Cl)N1. The Bertz CT molecular complexity index is 140. The molecule has 58 valence electrons. The normalized spacial score (nSPS) is 33.7. The van der Waals surface area contributed by atoms with Gasteiger partial charge in [-0.2, -0.15) is 0 Å². The van der Waals surface area contributed by atoms with E-state index in [2.05, 4.69) is 5.32 Å². The van der Waals surface area contributed by atoms with E-state index in [-0.39, 0.29) is 5.50 Å². The molecule has 3 nitrogen and oxygen atoms in total. The highest BCUT2D eigenvalue weighted by atomic mass is 35.5. The van der Waals surface area contributed by atoms with Gasteiger partial charge < -0.3 is 5.11 Å². The van der Waals surface area contributed by atoms with Crippen molar-refractivity contribution >= 4 is 17.6 Å². The first-order chi connectivity index (χ1) is 4.70. The van der Waals surface area contributed by atoms with Crippen LogP contribution in [0.3, 0.4) is 0 Å². The van der Waals surface area contributed by atoms with Crippen molar-refractivity contribution in [3.8, 4) is 0 Å². The van der Waals surface area contributed by atoms with Crippen LogP contribution in [0.2, 0.25) is 0 Å². The van der Waals surface area contributed by atoms with Crippen LogP contribution in [0.15, 0.2) is 0 Å². The molecule has 0 saturated carbocycles. The van der Waals surface area contributed by atoms with E-state index in [0.717, 1.165) is 12.8 Å². The summed E-state index contributed by atoms with van der Waals surface area (Å²) in [7, 11) is 0. The summed E-state index contributed by atoms with van der Waals surface area (Å²) in [5, 5.41) is 11.3. The molecule has 10 heavy (non-hydrogen) atoms. The molecule has 0 aromatic heterocycles. The van der Waals surface area contributed by atoms with Crippen molar-refractivity contribution in [3.05, 3.63) is 0 Å². The number of carbonyl (C=O) groups is 1. The quantitative estimate of drug-likeness (QED) is 0.444. The van der Waals surface area contributed by atoms with Crippen molar-refractivity contribution in [2.75, 3.05) is 0 Å². The molecular weight excluding hydrogens is 154 g/mol. The summed E-state index contributed by atoms with van der Waals surface area (Å²) in [6.45, 7) is 0. The van der Waals surface area contributed by atoms with Crippen LogP contribution < -0.4 is 5.32 Å². The molecule has 2 unspecified atom stereocenters. The van der Waals surface area contributed by atoms with Crippen molar-refractivity contribution < 1.29 is 9.90 Å². The Morgan fingerprint density at radius 2 is 2.30 bits per heavy atom. The van der Waals surface area contributed by atoms with Crippen LogP contribution in [0, 0.1) is 0 Å². The highest BCUT2D eigenvalue weighted by molar-refractivity contribution is 6.20. The van der Waals surface area contributed by atoms with Gasteiger partial charge in [0.15, 0.2) is 0 Å². The standard InChI is InChI=1S/C6H10ClNO2/c7-5-3-1-2-4(8-5)6(9)10/h4-5,8H,1-3H2,(H,9,10). The first-order valence-corrected chi connectivity index (χ1v) is 3.76. The fourth-order valence-corrected chi connectivity index (χ4v) is 1.39. The zero-order valence-corrected chi connectivity index (χ0v) is 6.27. The maximum Gasteiger partial charge on any atom is 0.320 e. The average molecular weight is 164 g/mol. The molecule has 2 N–H and O–H groups in total. The van der Waals surface area contributed by atoms with E-state index in [1.54, 1.807) is 0 Å². The Morgan fingerprint density at radius 1 is 1.60 bits per heavy atom. The van der Waals surface area contributed by atoms with Crippen molar-refractivity contribution in [1.82, 2.24) is 5.32 Å². The van der Waals surface area contributed by atoms with E-state index in [9.17, 15) is 4.79 Å². The Balaban J connectivity index is 2.39. The minimum absolute atomic E-state index is 0.158. The lowest BCUT2D eigenvalue weighted by Crippen LogP contribution is -2.44. The summed E-state index contributed by atoms with van der Waals surface area (Å²) >= 11 is 5.68. The number of nitrogens with one attached hydrogen (secondary N) is 1. The Morgan fingerprint density at radius 3 is 2.70 bits per heavy atom. The second-order valence-corrected chi connectivity index (χ2v) is 2.98. The highest BCUT2D eigenvalue weighted by Gasteiger charge is 2.23. The van der Waals surface area contributed by atoms with E-state index in [4.69, 9.17) is 16.7 Å². The number of aliphatic carboxylic acids is 1. The smallest absolute Gasteiger partial charge is 0.320 e. The molecule has 0 spiro atoms. The van der Waals surface area contributed by atoms with E-state index < -0.39 is 12.0 Å². The fraction of sp³-hybridized carbons (Fsp3) is 0.833. The van der Waals surface area contributed by atoms with Crippen LogP contribution in [0.25, 0.3) is 0 Å². The van der Waals surface area contributed by atoms with Gasteiger partial charge in [0.05, 0.1) is 5.50 Å². The zero-order valence-electron chi connectivity index (χ0n) is 5.51. The van der Waals surface area contributed by atoms with Crippen LogP contribution in [0.5, 0.6) is 0 Å². The van der Waals surface area contributed by atoms with Crippen molar-refractivity contribution in [2.24, 2.45) is 0 Å². The second kappa shape index (κ2) is 3.21. The maximum atomic E-state index is 10.4. The Hall–Kier alpha value is -0.280. The molecule has 1 saturated heterocycles. The van der Waals surface area contributed by atoms with E-state index in [1.165, 1.54) is 0 Å². The lowest BCUT2D eigenvalue weighted by Gasteiger charge is -2.23. The average Bonchev–Trinajstić information content (AvgIpc) is 1.88. The highest BCUT2D eigenvalue weighted by Crippen LogP contribution is 2.14. The van der Waals surface area contributed by atoms with Crippen LogP contribution >= 0.6 is 11.6 Å². The first kappa shape index (κ1) is 7.82. The molecule has 1 aliphatic heterocycles. The Kier molecular flexibility index (Phi) is 2.51. The third-order valence-electron chi connectivity index (χ3n) is 1.63. The molecule has 1 fully saturated rings. The largest absolute Gasteiger partial charge is 0.480 e. The van der Waals surface area contributed by atoms with Gasteiger partial charge in [-0.1, -0.05) is 0 Å². The predicted molar refractivity (Wildman–Crippen MR) is 38.1 cm³/mol. The lowest BCUT2D eigenvalue weighted by atomic mass is 10.1. The topological polar surface area (TPSA) is 49.3 Å². The van der Waals surface area contributed by atoms with Crippen molar-refractivity contribution in [1.29, 1.82) is 0 Å². The molecule has 4 heteroatoms. The molecular formula is C6H10ClNO2. The molecule has 0 amide bonds. The van der Waals surface area contributed by atoms with Crippen LogP contribution in [0.1, 0.15) is 19.3 Å². The van der Waals surface area contributed by atoms with Gasteiger partial charge in [-0.05, 0) is 19.3 Å². The number of carboxylic acid groups (broad SMARTS) is 1. The summed E-state index contributed by atoms with van der Waals surface area (Å²) in [4.78, 5) is 10.4. The van der Waals surface area contributed by atoms with Gasteiger partial charge in [0, 0.05) is 0 Å². The molecule has 0 aliphatic carbocycles. The number of piperidine rings is 1. The minimum Gasteiger partial charge on any atom is -0.480 e. The molecule has 1 aliphatic rings. The predicted octanol–water partition coefficient (Wildman–Crippen LogP) is 0.778. The van der Waals surface area contributed by atoms with Gasteiger partial charge in [-0.25, -0.2) is 0 Å². The first-order valence-electron chi connectivity index (χ1n) is 3.33. The van der Waals surface area contributed by atoms with Gasteiger partial charge >= 0.3 is 5.97 Å². The van der Waals surface area contributed by atoms with Crippen LogP contribution in [0.4, 0.5) is 0 Å². The van der Waals surface area contributed by atoms with Crippen molar-refractivity contribution in [2.45, 2.75) is 30.8 Å². The molecule has 1 heterocycles. The maximum absolute atomic E-state index is 10.4. The third-order valence-corrected chi connectivity index (χ3v) is 1.97. The number of halogens is 1. The van der Waals surface area contributed by atoms with E-state index in [1.807, 2.05) is 0 Å². The zero-order chi connectivity index (χ0) is 7.56. The van der Waals surface area contributed by atoms with Crippen LogP contribution in [-0.2, 0) is 4.79 Å². The lowest BCUT2D eigenvalue weighted by molar-refractivity contribution is -0.140. The minimum atomic E-state index is -0.801. The van der Waals surface area contributed by atoms with Gasteiger partial charge in [0.25, 0.3) is 0 Å². The van der Waals surface area contributed by atoms with Crippen LogP contribution in [-0.4, -0.2) is 22.6 Å². The van der Waals surface area contributed by atoms with Crippen molar-refractivity contribution in [3.63, 3.8) is 0 Å². The van der Waals surface area contributed by atoms with E-state index in [0.29, 0.717) is 6.42 Å². The number of hydrogen-bond acceptors (Lipinski definition) is 2. The molecule has 0 aromatic carbocycles. The number of rotatable bonds is 1. The molecule has 0 bridgehead atoms. The number of alkyl halides is 1. The Labute approximate surface area is 64.4 Å². The van der Waals surface area contributed by atoms with Gasteiger partial charge in [0.2, 0.25) is 0 Å². The summed E-state index contributed by atoms with van der Waals surface area (Å²) in [5.74, 6) is -0.801. The second-order valence-electron chi connectivity index (χ2n) is 2.46. The summed E-state index contributed by atoms with van der Waals surface area (Å²) < 4.78 is 0. The monoisotopic (exact) mass is 163 g/mol. The molecule has 2 atom stereocenters. The third kappa shape index (κ3) is 1.85. The molecule has 0 radical (unpaired) electrons. The van der Waals surface area contributed by atoms with Gasteiger partial charge in [-0.3, -0.25) is 10.1 Å². The molecule has 0 aromatic rings. The summed E-state index contributed by atoms with van der Waals surface area (Å²) in [6.07, 6.45) is 2.46. The van der Waals surface area contributed by atoms with Gasteiger partial charge in [0.1, 0.15) is 6.04 Å². The van der Waals surface area contributed by atoms with Gasteiger partial charge in [-0.15, -0.1) is 11.6 Å². The summed E-state index contributed by atoms with van der Waals surface area (Å²) in [5.41, 5.74) is -0.158. The number of hydrogen-bond donors (Lipinski definition) is 2. The fourth-order valence-electron chi connectivity index (χ4n) is 1.08.